The Kier molecular flexibility index (Phi) is 5.86. The zero-order valence-electron chi connectivity index (χ0n) is 18.9. The Morgan fingerprint density at radius 2 is 1.94 bits per heavy atom. The van der Waals surface area contributed by atoms with Gasteiger partial charge in [-0.15, -0.1) is 0 Å². The summed E-state index contributed by atoms with van der Waals surface area (Å²) < 4.78 is 11.2. The lowest BCUT2D eigenvalue weighted by Crippen LogP contribution is -2.45. The molecule has 2 heterocycles. The van der Waals surface area contributed by atoms with Crippen molar-refractivity contribution < 1.29 is 9.26 Å². The average molecular weight is 436 g/mol. The second kappa shape index (κ2) is 8.60. The SMILES string of the molecule is COC1=CC(N(C)CCN(C)C)=C(N)CC1(N)c1nccc(-c2noc3ccccc23)n1. The zero-order valence-corrected chi connectivity index (χ0v) is 18.9. The summed E-state index contributed by atoms with van der Waals surface area (Å²) in [5, 5.41) is 5.08. The first kappa shape index (κ1) is 21.8. The van der Waals surface area contributed by atoms with Crippen LogP contribution in [-0.2, 0) is 10.3 Å². The van der Waals surface area contributed by atoms with Crippen molar-refractivity contribution >= 4 is 11.0 Å². The van der Waals surface area contributed by atoms with Gasteiger partial charge in [0.05, 0.1) is 23.9 Å². The Hall–Kier alpha value is -3.43. The van der Waals surface area contributed by atoms with E-state index in [0.29, 0.717) is 40.7 Å². The molecule has 1 aliphatic carbocycles. The minimum absolute atomic E-state index is 0.331. The van der Waals surface area contributed by atoms with Crippen molar-refractivity contribution in [3.05, 3.63) is 65.6 Å². The van der Waals surface area contributed by atoms with Crippen LogP contribution in [-0.4, -0.2) is 66.3 Å². The van der Waals surface area contributed by atoms with Crippen LogP contribution < -0.4 is 11.5 Å². The minimum Gasteiger partial charge on any atom is -0.499 e. The van der Waals surface area contributed by atoms with Crippen molar-refractivity contribution in [3.8, 4) is 11.4 Å². The van der Waals surface area contributed by atoms with Crippen molar-refractivity contribution in [1.82, 2.24) is 24.9 Å². The number of ether oxygens (including phenoxy) is 1. The van der Waals surface area contributed by atoms with Gasteiger partial charge in [0, 0.05) is 44.5 Å². The van der Waals surface area contributed by atoms with Crippen LogP contribution in [0.5, 0.6) is 0 Å². The van der Waals surface area contributed by atoms with Crippen molar-refractivity contribution in [3.63, 3.8) is 0 Å². The number of allylic oxidation sites excluding steroid dienone is 1. The van der Waals surface area contributed by atoms with Gasteiger partial charge >= 0.3 is 0 Å². The summed E-state index contributed by atoms with van der Waals surface area (Å²) in [7, 11) is 7.68. The standard InChI is InChI=1S/C23H29N7O2/c1-29(2)11-12-30(3)18-13-20(31-4)23(25,14-16(18)24)22-26-10-9-17(27-22)21-15-7-5-6-8-19(15)32-28-21/h5-10,13H,11-12,14,24-25H2,1-4H3. The van der Waals surface area contributed by atoms with E-state index in [9.17, 15) is 0 Å². The highest BCUT2D eigenvalue weighted by Gasteiger charge is 2.41. The molecule has 1 unspecified atom stereocenters. The number of para-hydroxylation sites is 1. The number of hydrogen-bond donors (Lipinski definition) is 2. The lowest BCUT2D eigenvalue weighted by atomic mass is 9.85. The number of benzene rings is 1. The molecule has 9 nitrogen and oxygen atoms in total. The van der Waals surface area contributed by atoms with Crippen LogP contribution in [0.25, 0.3) is 22.4 Å². The van der Waals surface area contributed by atoms with Crippen LogP contribution >= 0.6 is 0 Å². The van der Waals surface area contributed by atoms with E-state index in [2.05, 4.69) is 19.9 Å². The molecule has 4 rings (SSSR count). The number of fused-ring (bicyclic) bond motifs is 1. The predicted octanol–water partition coefficient (Wildman–Crippen LogP) is 2.04. The van der Waals surface area contributed by atoms with E-state index in [0.717, 1.165) is 24.2 Å². The van der Waals surface area contributed by atoms with Gasteiger partial charge in [0.2, 0.25) is 0 Å². The second-order valence-electron chi connectivity index (χ2n) is 8.29. The number of likely N-dealkylation sites (N-methyl/N-ethyl adjacent to an activating group) is 2. The molecule has 4 N–H and O–H groups in total. The number of methoxy groups -OCH3 is 1. The molecule has 1 aliphatic rings. The average Bonchev–Trinajstić information content (AvgIpc) is 3.22. The molecule has 9 heteroatoms. The maximum atomic E-state index is 6.84. The Bertz CT molecular complexity index is 1180. The summed E-state index contributed by atoms with van der Waals surface area (Å²) in [6.07, 6.45) is 3.88. The lowest BCUT2D eigenvalue weighted by Gasteiger charge is -2.36. The van der Waals surface area contributed by atoms with Crippen LogP contribution in [0.3, 0.4) is 0 Å². The van der Waals surface area contributed by atoms with Gasteiger partial charge in [0.25, 0.3) is 0 Å². The fourth-order valence-corrected chi connectivity index (χ4v) is 3.86. The fraction of sp³-hybridized carbons (Fsp3) is 0.348. The molecule has 32 heavy (non-hydrogen) atoms. The summed E-state index contributed by atoms with van der Waals surface area (Å²) in [4.78, 5) is 13.4. The van der Waals surface area contributed by atoms with Crippen LogP contribution in [0.4, 0.5) is 0 Å². The molecule has 0 saturated carbocycles. The van der Waals surface area contributed by atoms with E-state index in [1.165, 1.54) is 0 Å². The summed E-state index contributed by atoms with van der Waals surface area (Å²) in [5.74, 6) is 0.966. The number of nitrogens with zero attached hydrogens (tertiary/aromatic N) is 5. The van der Waals surface area contributed by atoms with Gasteiger partial charge in [-0.1, -0.05) is 17.3 Å². The first-order valence-electron chi connectivity index (χ1n) is 10.4. The lowest BCUT2D eigenvalue weighted by molar-refractivity contribution is 0.205. The highest BCUT2D eigenvalue weighted by Crippen LogP contribution is 2.37. The molecule has 0 amide bonds. The molecule has 0 fully saturated rings. The number of aromatic nitrogens is 3. The molecule has 0 saturated heterocycles. The normalized spacial score (nSPS) is 18.9. The Morgan fingerprint density at radius 1 is 1.16 bits per heavy atom. The zero-order chi connectivity index (χ0) is 22.9. The number of rotatable bonds is 7. The van der Waals surface area contributed by atoms with Crippen LogP contribution in [0.15, 0.2) is 64.3 Å². The van der Waals surface area contributed by atoms with E-state index in [-0.39, 0.29) is 0 Å². The van der Waals surface area contributed by atoms with Gasteiger partial charge in [0.1, 0.15) is 17.0 Å². The number of nitrogens with two attached hydrogens (primary N) is 2. The van der Waals surface area contributed by atoms with E-state index in [1.807, 2.05) is 51.5 Å². The van der Waals surface area contributed by atoms with Crippen molar-refractivity contribution in [1.29, 1.82) is 0 Å². The maximum Gasteiger partial charge on any atom is 0.167 e. The summed E-state index contributed by atoms with van der Waals surface area (Å²) in [6, 6.07) is 9.43. The first-order valence-corrected chi connectivity index (χ1v) is 10.4. The highest BCUT2D eigenvalue weighted by atomic mass is 16.5. The number of hydrogen-bond acceptors (Lipinski definition) is 9. The van der Waals surface area contributed by atoms with Gasteiger partial charge in [0.15, 0.2) is 11.4 Å². The third kappa shape index (κ3) is 3.92. The summed E-state index contributed by atoms with van der Waals surface area (Å²) in [5.41, 5.74) is 15.7. The third-order valence-corrected chi connectivity index (χ3v) is 5.69. The largest absolute Gasteiger partial charge is 0.499 e. The topological polar surface area (TPSA) is 120 Å². The Labute approximate surface area is 187 Å². The smallest absolute Gasteiger partial charge is 0.167 e. The van der Waals surface area contributed by atoms with E-state index in [1.54, 1.807) is 19.4 Å². The fourth-order valence-electron chi connectivity index (χ4n) is 3.86. The van der Waals surface area contributed by atoms with Crippen LogP contribution in [0.1, 0.15) is 12.2 Å². The summed E-state index contributed by atoms with van der Waals surface area (Å²) >= 11 is 0. The molecule has 0 aliphatic heterocycles. The Balaban J connectivity index is 1.69. The van der Waals surface area contributed by atoms with Gasteiger partial charge in [-0.2, -0.15) is 0 Å². The monoisotopic (exact) mass is 435 g/mol. The molecular weight excluding hydrogens is 406 g/mol. The third-order valence-electron chi connectivity index (χ3n) is 5.69. The molecular formula is C23H29N7O2. The second-order valence-corrected chi connectivity index (χ2v) is 8.29. The quantitative estimate of drug-likeness (QED) is 0.574. The molecule has 2 aromatic heterocycles. The minimum atomic E-state index is -1.10. The molecule has 0 radical (unpaired) electrons. The van der Waals surface area contributed by atoms with Gasteiger partial charge in [-0.25, -0.2) is 9.97 Å². The highest BCUT2D eigenvalue weighted by molar-refractivity contribution is 5.90. The van der Waals surface area contributed by atoms with Crippen molar-refractivity contribution in [2.24, 2.45) is 11.5 Å². The van der Waals surface area contributed by atoms with Gasteiger partial charge in [-0.05, 0) is 32.3 Å². The molecule has 0 spiro atoms. The van der Waals surface area contributed by atoms with Crippen molar-refractivity contribution in [2.75, 3.05) is 41.3 Å². The van der Waals surface area contributed by atoms with E-state index in [4.69, 9.17) is 25.7 Å². The molecule has 3 aromatic rings. The molecule has 0 bridgehead atoms. The maximum absolute atomic E-state index is 6.84. The summed E-state index contributed by atoms with van der Waals surface area (Å²) in [6.45, 7) is 1.72. The Morgan fingerprint density at radius 3 is 2.69 bits per heavy atom. The van der Waals surface area contributed by atoms with Crippen molar-refractivity contribution in [2.45, 2.75) is 12.0 Å². The van der Waals surface area contributed by atoms with E-state index < -0.39 is 5.54 Å². The molecule has 168 valence electrons. The van der Waals surface area contributed by atoms with Gasteiger partial charge in [-0.3, -0.25) is 0 Å². The van der Waals surface area contributed by atoms with Gasteiger partial charge < -0.3 is 30.5 Å². The first-order chi connectivity index (χ1) is 15.3. The van der Waals surface area contributed by atoms with Crippen LogP contribution in [0, 0.1) is 0 Å². The van der Waals surface area contributed by atoms with E-state index >= 15 is 0 Å². The molecule has 1 aromatic carbocycles. The molecule has 1 atom stereocenters. The predicted molar refractivity (Wildman–Crippen MR) is 123 cm³/mol. The van der Waals surface area contributed by atoms with Crippen LogP contribution in [0.2, 0.25) is 0 Å².